The van der Waals surface area contributed by atoms with Gasteiger partial charge in [0.2, 0.25) is 0 Å². The van der Waals surface area contributed by atoms with E-state index in [1.807, 2.05) is 6.92 Å². The van der Waals surface area contributed by atoms with Crippen molar-refractivity contribution in [3.63, 3.8) is 0 Å². The largest absolute Gasteiger partial charge is 0.573 e. The van der Waals surface area contributed by atoms with Crippen LogP contribution in [0.5, 0.6) is 5.75 Å². The maximum Gasteiger partial charge on any atom is 0.573 e. The summed E-state index contributed by atoms with van der Waals surface area (Å²) in [5.41, 5.74) is -0.751. The number of imidazole rings is 1. The molecule has 0 atom stereocenters. The fourth-order valence-corrected chi connectivity index (χ4v) is 3.20. The van der Waals surface area contributed by atoms with Gasteiger partial charge in [0.25, 0.3) is 5.56 Å². The van der Waals surface area contributed by atoms with Crippen LogP contribution in [0.3, 0.4) is 0 Å². The maximum atomic E-state index is 12.4. The molecular formula is C20H21F3N4O5. The number of carbonyl (C=O) groups is 1. The third kappa shape index (κ3) is 5.01. The Balaban J connectivity index is 1.84. The molecule has 9 nitrogen and oxygen atoms in total. The third-order valence-electron chi connectivity index (χ3n) is 4.67. The number of H-pyrrole nitrogens is 1. The molecule has 3 rings (SSSR count). The summed E-state index contributed by atoms with van der Waals surface area (Å²) in [6.45, 7) is 4.14. The summed E-state index contributed by atoms with van der Waals surface area (Å²) in [4.78, 5) is 43.6. The lowest BCUT2D eigenvalue weighted by molar-refractivity contribution is -0.274. The first kappa shape index (κ1) is 23.1. The van der Waals surface area contributed by atoms with Crippen LogP contribution in [-0.4, -0.2) is 31.4 Å². The van der Waals surface area contributed by atoms with Crippen LogP contribution >= 0.6 is 0 Å². The summed E-state index contributed by atoms with van der Waals surface area (Å²) in [5.74, 6) is -1.00. The average molecular weight is 454 g/mol. The van der Waals surface area contributed by atoms with Crippen molar-refractivity contribution in [3.05, 3.63) is 56.5 Å². The number of aryl methyl sites for hydroxylation is 2. The second-order valence-corrected chi connectivity index (χ2v) is 6.86. The summed E-state index contributed by atoms with van der Waals surface area (Å²) in [6, 6.07) is 4.27. The van der Waals surface area contributed by atoms with Crippen LogP contribution in [0.15, 0.2) is 33.9 Å². The molecule has 0 aliphatic carbocycles. The Morgan fingerprint density at radius 1 is 1.12 bits per heavy atom. The lowest BCUT2D eigenvalue weighted by Gasteiger charge is -2.09. The number of carbonyl (C=O) groups excluding carboxylic acids is 1. The minimum Gasteiger partial charge on any atom is -0.454 e. The van der Waals surface area contributed by atoms with Crippen LogP contribution in [0.4, 0.5) is 13.2 Å². The molecule has 2 aromatic heterocycles. The molecule has 1 aromatic carbocycles. The minimum atomic E-state index is -4.84. The minimum absolute atomic E-state index is 0.0105. The van der Waals surface area contributed by atoms with Crippen molar-refractivity contribution in [2.75, 3.05) is 0 Å². The smallest absolute Gasteiger partial charge is 0.454 e. The molecule has 0 saturated carbocycles. The molecular weight excluding hydrogens is 433 g/mol. The number of fused-ring (bicyclic) bond motifs is 1. The average Bonchev–Trinajstić information content (AvgIpc) is 3.10. The molecule has 0 aliphatic rings. The Hall–Kier alpha value is -3.57. The Morgan fingerprint density at radius 3 is 2.41 bits per heavy atom. The third-order valence-corrected chi connectivity index (χ3v) is 4.67. The highest BCUT2D eigenvalue weighted by Crippen LogP contribution is 2.23. The molecule has 3 aromatic rings. The van der Waals surface area contributed by atoms with E-state index >= 15 is 0 Å². The molecule has 0 fully saturated rings. The van der Waals surface area contributed by atoms with Crippen molar-refractivity contribution in [1.29, 1.82) is 0 Å². The van der Waals surface area contributed by atoms with Gasteiger partial charge in [0.1, 0.15) is 18.2 Å². The highest BCUT2D eigenvalue weighted by Gasteiger charge is 2.31. The highest BCUT2D eigenvalue weighted by molar-refractivity contribution is 5.89. The number of unbranched alkanes of at least 4 members (excludes halogenated alkanes) is 1. The fraction of sp³-hybridized carbons (Fsp3) is 0.400. The van der Waals surface area contributed by atoms with Crippen molar-refractivity contribution in [2.45, 2.75) is 52.7 Å². The van der Waals surface area contributed by atoms with Gasteiger partial charge in [-0.1, -0.05) is 13.3 Å². The van der Waals surface area contributed by atoms with Crippen molar-refractivity contribution < 1.29 is 27.4 Å². The van der Waals surface area contributed by atoms with Gasteiger partial charge in [-0.2, -0.15) is 0 Å². The zero-order valence-corrected chi connectivity index (χ0v) is 17.4. The first-order chi connectivity index (χ1) is 15.1. The Bertz CT molecular complexity index is 1230. The van der Waals surface area contributed by atoms with Crippen LogP contribution in [-0.2, 0) is 24.4 Å². The number of hydrogen-bond donors (Lipinski definition) is 1. The normalized spacial score (nSPS) is 11.7. The zero-order chi connectivity index (χ0) is 23.5. The topological polar surface area (TPSA) is 108 Å². The SMILES string of the molecule is CCCCn1c(=O)[nH]c(=O)c2c1nc(COC(=O)c1ccc(OC(F)(F)F)cc1)n2CC. The monoisotopic (exact) mass is 454 g/mol. The quantitative estimate of drug-likeness (QED) is 0.525. The molecule has 2 heterocycles. The van der Waals surface area contributed by atoms with E-state index in [9.17, 15) is 27.6 Å². The number of benzene rings is 1. The molecule has 0 unspecified atom stereocenters. The zero-order valence-electron chi connectivity index (χ0n) is 17.4. The molecule has 0 radical (unpaired) electrons. The van der Waals surface area contributed by atoms with Crippen molar-refractivity contribution in [3.8, 4) is 5.75 Å². The number of nitrogens with zero attached hydrogens (tertiary/aromatic N) is 3. The number of nitrogens with one attached hydrogen (secondary N) is 1. The summed E-state index contributed by atoms with van der Waals surface area (Å²) in [7, 11) is 0. The van der Waals surface area contributed by atoms with E-state index in [1.165, 1.54) is 4.57 Å². The predicted octanol–water partition coefficient (Wildman–Crippen LogP) is 2.96. The summed E-state index contributed by atoms with van der Waals surface area (Å²) >= 11 is 0. The van der Waals surface area contributed by atoms with Gasteiger partial charge in [-0.25, -0.2) is 14.6 Å². The number of ether oxygens (including phenoxy) is 2. The summed E-state index contributed by atoms with van der Waals surface area (Å²) in [6.07, 6.45) is -3.30. The molecule has 0 bridgehead atoms. The Kier molecular flexibility index (Phi) is 6.70. The number of aromatic amines is 1. The molecule has 172 valence electrons. The fourth-order valence-electron chi connectivity index (χ4n) is 3.20. The van der Waals surface area contributed by atoms with Crippen LogP contribution in [0.2, 0.25) is 0 Å². The Morgan fingerprint density at radius 2 is 1.81 bits per heavy atom. The maximum absolute atomic E-state index is 12.4. The number of esters is 1. The molecule has 0 spiro atoms. The molecule has 0 saturated heterocycles. The van der Waals surface area contributed by atoms with Gasteiger partial charge in [-0.05, 0) is 37.6 Å². The standard InChI is InChI=1S/C20H21F3N4O5/c1-3-5-10-27-16-15(17(28)25-19(27)30)26(4-2)14(24-16)11-31-18(29)12-6-8-13(9-7-12)32-20(21,22)23/h6-9H,3-5,10-11H2,1-2H3,(H,25,28,30). The van der Waals surface area contributed by atoms with Crippen LogP contribution in [0.1, 0.15) is 42.9 Å². The van der Waals surface area contributed by atoms with E-state index in [4.69, 9.17) is 4.74 Å². The van der Waals surface area contributed by atoms with Crippen LogP contribution < -0.4 is 16.0 Å². The number of alkyl halides is 3. The number of hydrogen-bond acceptors (Lipinski definition) is 6. The highest BCUT2D eigenvalue weighted by atomic mass is 19.4. The van der Waals surface area contributed by atoms with Crippen LogP contribution in [0, 0.1) is 0 Å². The lowest BCUT2D eigenvalue weighted by Crippen LogP contribution is -2.31. The van der Waals surface area contributed by atoms with Gasteiger partial charge in [0.15, 0.2) is 11.2 Å². The molecule has 0 aliphatic heterocycles. The van der Waals surface area contributed by atoms with Crippen molar-refractivity contribution in [1.82, 2.24) is 19.1 Å². The van der Waals surface area contributed by atoms with Crippen molar-refractivity contribution >= 4 is 17.1 Å². The summed E-state index contributed by atoms with van der Waals surface area (Å²) < 4.78 is 48.7. The van der Waals surface area contributed by atoms with E-state index in [1.54, 1.807) is 11.5 Å². The number of rotatable bonds is 8. The van der Waals surface area contributed by atoms with E-state index in [0.29, 0.717) is 19.5 Å². The predicted molar refractivity (Wildman–Crippen MR) is 107 cm³/mol. The molecule has 12 heteroatoms. The number of halogens is 3. The lowest BCUT2D eigenvalue weighted by atomic mass is 10.2. The van der Waals surface area contributed by atoms with Gasteiger partial charge >= 0.3 is 18.0 Å². The first-order valence-electron chi connectivity index (χ1n) is 9.89. The molecule has 1 N–H and O–H groups in total. The van der Waals surface area contributed by atoms with Gasteiger partial charge in [0, 0.05) is 13.1 Å². The first-order valence-corrected chi connectivity index (χ1v) is 9.89. The van der Waals surface area contributed by atoms with Gasteiger partial charge in [-0.3, -0.25) is 14.3 Å². The molecule has 32 heavy (non-hydrogen) atoms. The van der Waals surface area contributed by atoms with Crippen molar-refractivity contribution in [2.24, 2.45) is 0 Å². The Labute approximate surface area is 179 Å². The molecule has 0 amide bonds. The van der Waals surface area contributed by atoms with E-state index in [2.05, 4.69) is 14.7 Å². The van der Waals surface area contributed by atoms with E-state index < -0.39 is 29.3 Å². The van der Waals surface area contributed by atoms with Gasteiger partial charge < -0.3 is 14.0 Å². The van der Waals surface area contributed by atoms with Crippen LogP contribution in [0.25, 0.3) is 11.2 Å². The van der Waals surface area contributed by atoms with Gasteiger partial charge in [-0.15, -0.1) is 13.2 Å². The summed E-state index contributed by atoms with van der Waals surface area (Å²) in [5, 5.41) is 0. The second-order valence-electron chi connectivity index (χ2n) is 6.86. The number of aromatic nitrogens is 4. The van der Waals surface area contributed by atoms with E-state index in [0.717, 1.165) is 30.7 Å². The second kappa shape index (κ2) is 9.28. The van der Waals surface area contributed by atoms with E-state index in [-0.39, 0.29) is 29.2 Å². The van der Waals surface area contributed by atoms with Gasteiger partial charge in [0.05, 0.1) is 5.56 Å².